The third kappa shape index (κ3) is 10.5. The molecule has 0 aliphatic rings. The van der Waals surface area contributed by atoms with Crippen LogP contribution in [0, 0.1) is 5.92 Å². The van der Waals surface area contributed by atoms with Crippen molar-refractivity contribution in [2.75, 3.05) is 26.8 Å². The van der Waals surface area contributed by atoms with E-state index in [2.05, 4.69) is 34.5 Å². The first-order chi connectivity index (χ1) is 9.72. The highest BCUT2D eigenvalue weighted by Gasteiger charge is 1.98. The SMILES string of the molecule is CN=C(NCCCOCC(C)C)NCc1ccccn1.I. The number of nitrogens with zero attached hydrogens (tertiary/aromatic N) is 2. The second-order valence-electron chi connectivity index (χ2n) is 5.00. The van der Waals surface area contributed by atoms with Crippen molar-refractivity contribution in [3.63, 3.8) is 0 Å². The van der Waals surface area contributed by atoms with Gasteiger partial charge in [-0.05, 0) is 24.5 Å². The molecule has 0 fully saturated rings. The molecule has 0 atom stereocenters. The lowest BCUT2D eigenvalue weighted by atomic mass is 10.2. The fraction of sp³-hybridized carbons (Fsp3) is 0.600. The Morgan fingerprint density at radius 1 is 1.33 bits per heavy atom. The lowest BCUT2D eigenvalue weighted by molar-refractivity contribution is 0.108. The summed E-state index contributed by atoms with van der Waals surface area (Å²) in [7, 11) is 1.77. The number of aromatic nitrogens is 1. The minimum absolute atomic E-state index is 0. The summed E-state index contributed by atoms with van der Waals surface area (Å²) in [6.07, 6.45) is 2.76. The third-order valence-electron chi connectivity index (χ3n) is 2.60. The average Bonchev–Trinajstić information content (AvgIpc) is 2.46. The maximum Gasteiger partial charge on any atom is 0.191 e. The number of aliphatic imine (C=N–C) groups is 1. The van der Waals surface area contributed by atoms with Gasteiger partial charge in [0.15, 0.2) is 5.96 Å². The van der Waals surface area contributed by atoms with Gasteiger partial charge in [-0.1, -0.05) is 19.9 Å². The quantitative estimate of drug-likeness (QED) is 0.301. The minimum Gasteiger partial charge on any atom is -0.381 e. The van der Waals surface area contributed by atoms with E-state index in [9.17, 15) is 0 Å². The fourth-order valence-corrected chi connectivity index (χ4v) is 1.60. The number of guanidine groups is 1. The zero-order valence-electron chi connectivity index (χ0n) is 13.1. The number of hydrogen-bond donors (Lipinski definition) is 2. The number of ether oxygens (including phenoxy) is 1. The summed E-state index contributed by atoms with van der Waals surface area (Å²) in [5.41, 5.74) is 0.996. The molecule has 6 heteroatoms. The summed E-state index contributed by atoms with van der Waals surface area (Å²) in [6, 6.07) is 5.88. The summed E-state index contributed by atoms with van der Waals surface area (Å²) in [5.74, 6) is 1.38. The number of pyridine rings is 1. The van der Waals surface area contributed by atoms with Crippen LogP contribution < -0.4 is 10.6 Å². The molecule has 1 aromatic heterocycles. The first-order valence-corrected chi connectivity index (χ1v) is 7.14. The van der Waals surface area contributed by atoms with Crippen molar-refractivity contribution in [1.82, 2.24) is 15.6 Å². The molecule has 0 bridgehead atoms. The maximum atomic E-state index is 5.53. The fourth-order valence-electron chi connectivity index (χ4n) is 1.60. The predicted octanol–water partition coefficient (Wildman–Crippen LogP) is 2.43. The number of halogens is 1. The first-order valence-electron chi connectivity index (χ1n) is 7.14. The second kappa shape index (κ2) is 12.8. The van der Waals surface area contributed by atoms with E-state index in [1.54, 1.807) is 13.2 Å². The molecule has 0 unspecified atom stereocenters. The van der Waals surface area contributed by atoms with Gasteiger partial charge in [-0.3, -0.25) is 9.98 Å². The smallest absolute Gasteiger partial charge is 0.191 e. The zero-order chi connectivity index (χ0) is 14.6. The van der Waals surface area contributed by atoms with Crippen molar-refractivity contribution >= 4 is 29.9 Å². The average molecular weight is 406 g/mol. The van der Waals surface area contributed by atoms with E-state index in [4.69, 9.17) is 4.74 Å². The highest BCUT2D eigenvalue weighted by molar-refractivity contribution is 14.0. The Balaban J connectivity index is 0.00000400. The molecule has 1 aromatic rings. The second-order valence-corrected chi connectivity index (χ2v) is 5.00. The molecule has 0 spiro atoms. The van der Waals surface area contributed by atoms with Crippen molar-refractivity contribution in [2.24, 2.45) is 10.9 Å². The Bertz CT molecular complexity index is 385. The van der Waals surface area contributed by atoms with Gasteiger partial charge in [-0.25, -0.2) is 0 Å². The lowest BCUT2D eigenvalue weighted by Gasteiger charge is -2.12. The van der Waals surface area contributed by atoms with Crippen LogP contribution in [0.5, 0.6) is 0 Å². The summed E-state index contributed by atoms with van der Waals surface area (Å²) in [4.78, 5) is 8.43. The van der Waals surface area contributed by atoms with E-state index in [0.29, 0.717) is 12.5 Å². The van der Waals surface area contributed by atoms with Gasteiger partial charge in [0.05, 0.1) is 12.2 Å². The molecule has 1 rings (SSSR count). The normalized spacial score (nSPS) is 11.1. The van der Waals surface area contributed by atoms with E-state index in [-0.39, 0.29) is 24.0 Å². The van der Waals surface area contributed by atoms with Gasteiger partial charge >= 0.3 is 0 Å². The van der Waals surface area contributed by atoms with E-state index < -0.39 is 0 Å². The number of rotatable bonds is 8. The number of nitrogens with one attached hydrogen (secondary N) is 2. The molecule has 0 aromatic carbocycles. The van der Waals surface area contributed by atoms with E-state index in [1.807, 2.05) is 18.2 Å². The topological polar surface area (TPSA) is 58.5 Å². The van der Waals surface area contributed by atoms with Gasteiger partial charge in [0, 0.05) is 33.0 Å². The Hall–Kier alpha value is -0.890. The molecule has 0 saturated carbocycles. The van der Waals surface area contributed by atoms with Crippen molar-refractivity contribution in [3.8, 4) is 0 Å². The maximum absolute atomic E-state index is 5.53. The molecule has 0 amide bonds. The molecular formula is C15H27IN4O. The summed E-state index contributed by atoms with van der Waals surface area (Å²) in [5, 5.41) is 6.49. The predicted molar refractivity (Wildman–Crippen MR) is 98.1 cm³/mol. The van der Waals surface area contributed by atoms with Crippen molar-refractivity contribution in [3.05, 3.63) is 30.1 Å². The van der Waals surface area contributed by atoms with Gasteiger partial charge in [0.25, 0.3) is 0 Å². The van der Waals surface area contributed by atoms with Crippen LogP contribution in [0.1, 0.15) is 26.0 Å². The van der Waals surface area contributed by atoms with Crippen LogP contribution in [0.25, 0.3) is 0 Å². The molecule has 120 valence electrons. The van der Waals surface area contributed by atoms with Crippen LogP contribution in [-0.2, 0) is 11.3 Å². The Labute approximate surface area is 145 Å². The van der Waals surface area contributed by atoms with E-state index in [1.165, 1.54) is 0 Å². The van der Waals surface area contributed by atoms with Crippen LogP contribution in [0.4, 0.5) is 0 Å². The van der Waals surface area contributed by atoms with Gasteiger partial charge in [0.2, 0.25) is 0 Å². The van der Waals surface area contributed by atoms with Crippen LogP contribution >= 0.6 is 24.0 Å². The Kier molecular flexibility index (Phi) is 12.3. The van der Waals surface area contributed by atoms with Gasteiger partial charge in [-0.2, -0.15) is 0 Å². The van der Waals surface area contributed by atoms with E-state index in [0.717, 1.165) is 37.8 Å². The molecule has 0 aliphatic heterocycles. The highest BCUT2D eigenvalue weighted by Crippen LogP contribution is 1.93. The molecule has 0 radical (unpaired) electrons. The third-order valence-corrected chi connectivity index (χ3v) is 2.60. The highest BCUT2D eigenvalue weighted by atomic mass is 127. The van der Waals surface area contributed by atoms with Crippen LogP contribution in [0.3, 0.4) is 0 Å². The summed E-state index contributed by atoms with van der Waals surface area (Å²) >= 11 is 0. The van der Waals surface area contributed by atoms with Crippen LogP contribution in [0.15, 0.2) is 29.4 Å². The molecule has 1 heterocycles. The number of hydrogen-bond acceptors (Lipinski definition) is 3. The van der Waals surface area contributed by atoms with E-state index >= 15 is 0 Å². The van der Waals surface area contributed by atoms with Gasteiger partial charge < -0.3 is 15.4 Å². The van der Waals surface area contributed by atoms with Gasteiger partial charge in [-0.15, -0.1) is 24.0 Å². The van der Waals surface area contributed by atoms with Crippen LogP contribution in [0.2, 0.25) is 0 Å². The molecule has 21 heavy (non-hydrogen) atoms. The molecule has 2 N–H and O–H groups in total. The van der Waals surface area contributed by atoms with Crippen molar-refractivity contribution in [1.29, 1.82) is 0 Å². The van der Waals surface area contributed by atoms with Crippen LogP contribution in [-0.4, -0.2) is 37.7 Å². The van der Waals surface area contributed by atoms with Crippen molar-refractivity contribution in [2.45, 2.75) is 26.8 Å². The molecule has 0 saturated heterocycles. The minimum atomic E-state index is 0. The lowest BCUT2D eigenvalue weighted by Crippen LogP contribution is -2.37. The monoisotopic (exact) mass is 406 g/mol. The van der Waals surface area contributed by atoms with Crippen molar-refractivity contribution < 1.29 is 4.74 Å². The summed E-state index contributed by atoms with van der Waals surface area (Å²) < 4.78 is 5.53. The van der Waals surface area contributed by atoms with Gasteiger partial charge in [0.1, 0.15) is 0 Å². The largest absolute Gasteiger partial charge is 0.381 e. The zero-order valence-corrected chi connectivity index (χ0v) is 15.5. The Morgan fingerprint density at radius 2 is 2.14 bits per heavy atom. The molecule has 0 aliphatic carbocycles. The first kappa shape index (κ1) is 20.1. The standard InChI is InChI=1S/C15H26N4O.HI/c1-13(2)12-20-10-6-9-18-15(16-3)19-11-14-7-4-5-8-17-14;/h4-5,7-8,13H,6,9-12H2,1-3H3,(H2,16,18,19);1H. The summed E-state index contributed by atoms with van der Waals surface area (Å²) in [6.45, 7) is 7.43. The Morgan fingerprint density at radius 3 is 2.76 bits per heavy atom. The molecular weight excluding hydrogens is 379 g/mol. The molecule has 5 nitrogen and oxygen atoms in total.